The summed E-state index contributed by atoms with van der Waals surface area (Å²) in [7, 11) is 0. The molecule has 2 rings (SSSR count). The van der Waals surface area contributed by atoms with Crippen LogP contribution in [0.1, 0.15) is 68.7 Å². The predicted octanol–water partition coefficient (Wildman–Crippen LogP) is 4.75. The first kappa shape index (κ1) is 21.9. The van der Waals surface area contributed by atoms with Crippen LogP contribution in [0.25, 0.3) is 0 Å². The molecule has 0 aromatic heterocycles. The van der Waals surface area contributed by atoms with Crippen molar-refractivity contribution in [2.75, 3.05) is 6.61 Å². The Morgan fingerprint density at radius 1 is 0.926 bits per heavy atom. The summed E-state index contributed by atoms with van der Waals surface area (Å²) in [6, 6.07) is 0. The van der Waals surface area contributed by atoms with E-state index >= 15 is 0 Å². The molecule has 1 aliphatic carbocycles. The van der Waals surface area contributed by atoms with Gasteiger partial charge in [-0.1, -0.05) is 23.3 Å². The van der Waals surface area contributed by atoms with Gasteiger partial charge in [-0.2, -0.15) is 0 Å². The van der Waals surface area contributed by atoms with Crippen LogP contribution in [-0.2, 0) is 14.3 Å². The van der Waals surface area contributed by atoms with Crippen molar-refractivity contribution in [3.63, 3.8) is 0 Å². The summed E-state index contributed by atoms with van der Waals surface area (Å²) in [6.07, 6.45) is 5.24. The molecule has 0 radical (unpaired) electrons. The predicted molar refractivity (Wildman–Crippen MR) is 109 cm³/mol. The molecule has 1 heterocycles. The van der Waals surface area contributed by atoms with Crippen LogP contribution in [0.15, 0.2) is 23.3 Å². The smallest absolute Gasteiger partial charge is 0.234 e. The molecule has 0 aromatic rings. The number of fused-ring (bicyclic) bond motifs is 1. The lowest BCUT2D eigenvalue weighted by Crippen LogP contribution is -2.52. The van der Waals surface area contributed by atoms with Crippen LogP contribution >= 0.6 is 0 Å². The highest BCUT2D eigenvalue weighted by Gasteiger charge is 2.60. The summed E-state index contributed by atoms with van der Waals surface area (Å²) in [5.74, 6) is -0.300. The van der Waals surface area contributed by atoms with Crippen molar-refractivity contribution < 1.29 is 14.3 Å². The molecule has 0 N–H and O–H groups in total. The average molecular weight is 376 g/mol. The highest BCUT2D eigenvalue weighted by atomic mass is 16.5. The SMILES string of the molecule is CC(C)=CC1CC(C=C(C)C)C2C(=O)N(C(C)(C)COC(C)(C)C)C(=O)C12. The van der Waals surface area contributed by atoms with Gasteiger partial charge in [0.05, 0.1) is 29.6 Å². The maximum Gasteiger partial charge on any atom is 0.234 e. The van der Waals surface area contributed by atoms with Gasteiger partial charge in [-0.05, 0) is 80.6 Å². The van der Waals surface area contributed by atoms with Crippen molar-refractivity contribution in [1.82, 2.24) is 4.90 Å². The Morgan fingerprint density at radius 3 is 1.67 bits per heavy atom. The average Bonchev–Trinajstić information content (AvgIpc) is 2.93. The van der Waals surface area contributed by atoms with Crippen LogP contribution < -0.4 is 0 Å². The Hall–Kier alpha value is -1.42. The fraction of sp³-hybridized carbons (Fsp3) is 0.739. The van der Waals surface area contributed by atoms with Gasteiger partial charge in [0.15, 0.2) is 0 Å². The van der Waals surface area contributed by atoms with E-state index in [1.165, 1.54) is 16.0 Å². The Bertz CT molecular complexity index is 616. The van der Waals surface area contributed by atoms with Crippen LogP contribution in [0.2, 0.25) is 0 Å². The maximum atomic E-state index is 13.4. The summed E-state index contributed by atoms with van der Waals surface area (Å²) >= 11 is 0. The Morgan fingerprint density at radius 2 is 1.33 bits per heavy atom. The van der Waals surface area contributed by atoms with Crippen molar-refractivity contribution >= 4 is 11.8 Å². The number of allylic oxidation sites excluding steroid dienone is 4. The Kier molecular flexibility index (Phi) is 6.11. The van der Waals surface area contributed by atoms with E-state index in [9.17, 15) is 9.59 Å². The summed E-state index contributed by atoms with van der Waals surface area (Å²) < 4.78 is 5.94. The molecule has 4 unspecified atom stereocenters. The minimum Gasteiger partial charge on any atom is -0.373 e. The molecule has 4 nitrogen and oxygen atoms in total. The van der Waals surface area contributed by atoms with Gasteiger partial charge in [-0.25, -0.2) is 0 Å². The van der Waals surface area contributed by atoms with E-state index in [1.807, 2.05) is 34.6 Å². The first-order valence-corrected chi connectivity index (χ1v) is 10.1. The van der Waals surface area contributed by atoms with Crippen LogP contribution in [0.4, 0.5) is 0 Å². The molecule has 4 heteroatoms. The largest absolute Gasteiger partial charge is 0.373 e. The van der Waals surface area contributed by atoms with E-state index in [0.29, 0.717) is 6.61 Å². The third-order valence-corrected chi connectivity index (χ3v) is 5.42. The molecule has 152 valence electrons. The molecule has 1 saturated carbocycles. The number of hydrogen-bond acceptors (Lipinski definition) is 3. The highest BCUT2D eigenvalue weighted by Crippen LogP contribution is 2.50. The second kappa shape index (κ2) is 7.54. The van der Waals surface area contributed by atoms with Gasteiger partial charge >= 0.3 is 0 Å². The highest BCUT2D eigenvalue weighted by molar-refractivity contribution is 6.06. The van der Waals surface area contributed by atoms with E-state index < -0.39 is 5.54 Å². The molecule has 1 aliphatic heterocycles. The van der Waals surface area contributed by atoms with Gasteiger partial charge in [0.1, 0.15) is 0 Å². The van der Waals surface area contributed by atoms with Gasteiger partial charge in [0.25, 0.3) is 0 Å². The molecule has 2 amide bonds. The van der Waals surface area contributed by atoms with Gasteiger partial charge in [0.2, 0.25) is 11.8 Å². The van der Waals surface area contributed by atoms with E-state index in [-0.39, 0.29) is 41.1 Å². The molecule has 1 saturated heterocycles. The van der Waals surface area contributed by atoms with Crippen molar-refractivity contribution in [2.24, 2.45) is 23.7 Å². The molecule has 0 bridgehead atoms. The number of hydrogen-bond donors (Lipinski definition) is 0. The zero-order chi connectivity index (χ0) is 20.7. The van der Waals surface area contributed by atoms with Crippen LogP contribution in [-0.4, -0.2) is 34.5 Å². The van der Waals surface area contributed by atoms with Crippen molar-refractivity contribution in [1.29, 1.82) is 0 Å². The number of carbonyl (C=O) groups is 2. The zero-order valence-electron chi connectivity index (χ0n) is 18.6. The first-order valence-electron chi connectivity index (χ1n) is 10.1. The third-order valence-electron chi connectivity index (χ3n) is 5.42. The molecule has 0 spiro atoms. The lowest BCUT2D eigenvalue weighted by molar-refractivity contribution is -0.152. The lowest BCUT2D eigenvalue weighted by atomic mass is 9.88. The van der Waals surface area contributed by atoms with Crippen molar-refractivity contribution in [2.45, 2.75) is 79.9 Å². The van der Waals surface area contributed by atoms with E-state index in [4.69, 9.17) is 4.74 Å². The number of carbonyl (C=O) groups excluding carboxylic acids is 2. The second-order valence-electron chi connectivity index (χ2n) is 10.3. The second-order valence-corrected chi connectivity index (χ2v) is 10.3. The molecular formula is C23H37NO3. The van der Waals surface area contributed by atoms with E-state index in [0.717, 1.165) is 6.42 Å². The quantitative estimate of drug-likeness (QED) is 0.514. The number of likely N-dealkylation sites (tertiary alicyclic amines) is 1. The van der Waals surface area contributed by atoms with Crippen LogP contribution in [0.5, 0.6) is 0 Å². The van der Waals surface area contributed by atoms with Crippen molar-refractivity contribution in [3.05, 3.63) is 23.3 Å². The van der Waals surface area contributed by atoms with Crippen LogP contribution in [0.3, 0.4) is 0 Å². The van der Waals surface area contributed by atoms with E-state index in [1.54, 1.807) is 0 Å². The van der Waals surface area contributed by atoms with Gasteiger partial charge < -0.3 is 4.74 Å². The summed E-state index contributed by atoms with van der Waals surface area (Å²) in [4.78, 5) is 28.3. The summed E-state index contributed by atoms with van der Waals surface area (Å²) in [5, 5.41) is 0. The summed E-state index contributed by atoms with van der Waals surface area (Å²) in [5.41, 5.74) is 1.43. The molecule has 0 aromatic carbocycles. The standard InChI is InChI=1S/C23H37NO3/c1-14(2)10-16-12-17(11-15(3)4)19-18(16)20(25)24(21(19)26)23(8,9)13-27-22(5,6)7/h10-11,16-19H,12-13H2,1-9H3. The zero-order valence-corrected chi connectivity index (χ0v) is 18.6. The summed E-state index contributed by atoms with van der Waals surface area (Å²) in [6.45, 7) is 18.4. The van der Waals surface area contributed by atoms with Gasteiger partial charge in [-0.15, -0.1) is 0 Å². The number of nitrogens with zero attached hydrogens (tertiary/aromatic N) is 1. The molecular weight excluding hydrogens is 338 g/mol. The topological polar surface area (TPSA) is 46.6 Å². The number of imide groups is 1. The Balaban J connectivity index is 2.37. The van der Waals surface area contributed by atoms with Crippen LogP contribution in [0, 0.1) is 23.7 Å². The number of amides is 2. The van der Waals surface area contributed by atoms with Crippen molar-refractivity contribution in [3.8, 4) is 0 Å². The fourth-order valence-electron chi connectivity index (χ4n) is 4.47. The molecule has 27 heavy (non-hydrogen) atoms. The van der Waals surface area contributed by atoms with E-state index in [2.05, 4.69) is 39.8 Å². The third kappa shape index (κ3) is 4.71. The molecule has 2 aliphatic rings. The van der Waals surface area contributed by atoms with Gasteiger partial charge in [-0.3, -0.25) is 14.5 Å². The minimum absolute atomic E-state index is 0.0281. The molecule has 2 fully saturated rings. The number of ether oxygens (including phenoxy) is 1. The minimum atomic E-state index is -0.656. The maximum absolute atomic E-state index is 13.4. The van der Waals surface area contributed by atoms with Gasteiger partial charge in [0, 0.05) is 0 Å². The normalized spacial score (nSPS) is 28.4. The fourth-order valence-corrected chi connectivity index (χ4v) is 4.47. The number of rotatable bonds is 5. The molecule has 4 atom stereocenters. The monoisotopic (exact) mass is 375 g/mol. The Labute approximate surface area is 165 Å². The first-order chi connectivity index (χ1) is 12.2. The lowest BCUT2D eigenvalue weighted by Gasteiger charge is -2.37.